The third kappa shape index (κ3) is 2.76. The van der Waals surface area contributed by atoms with Gasteiger partial charge in [0.25, 0.3) is 5.91 Å². The van der Waals surface area contributed by atoms with Crippen LogP contribution in [-0.4, -0.2) is 20.9 Å². The van der Waals surface area contributed by atoms with Crippen LogP contribution in [0.1, 0.15) is 16.1 Å². The van der Waals surface area contributed by atoms with Crippen molar-refractivity contribution in [2.45, 2.75) is 6.92 Å². The third-order valence-corrected chi connectivity index (χ3v) is 2.31. The molecule has 2 aromatic heterocycles. The predicted molar refractivity (Wildman–Crippen MR) is 64.0 cm³/mol. The number of hydrogen-bond acceptors (Lipinski definition) is 4. The number of halogens is 1. The van der Waals surface area contributed by atoms with Gasteiger partial charge in [-0.05, 0) is 19.1 Å². The lowest BCUT2D eigenvalue weighted by molar-refractivity contribution is 0.102. The molecule has 1 N–H and O–H groups in total. The van der Waals surface area contributed by atoms with Gasteiger partial charge in [0.2, 0.25) is 0 Å². The minimum Gasteiger partial charge on any atom is -0.305 e. The van der Waals surface area contributed by atoms with E-state index in [2.05, 4.69) is 20.3 Å². The summed E-state index contributed by atoms with van der Waals surface area (Å²) in [6, 6.07) is 3.40. The number of nitrogens with zero attached hydrogens (tertiary/aromatic N) is 3. The first-order valence-corrected chi connectivity index (χ1v) is 5.25. The van der Waals surface area contributed by atoms with E-state index in [1.54, 1.807) is 25.3 Å². The number of nitrogens with one attached hydrogen (secondary N) is 1. The summed E-state index contributed by atoms with van der Waals surface area (Å²) in [7, 11) is 0. The number of pyridine rings is 1. The largest absolute Gasteiger partial charge is 0.305 e. The van der Waals surface area contributed by atoms with Crippen molar-refractivity contribution in [3.8, 4) is 0 Å². The molecule has 0 aliphatic rings. The summed E-state index contributed by atoms with van der Waals surface area (Å²) < 4.78 is 0. The molecular weight excluding hydrogens is 240 g/mol. The molecule has 17 heavy (non-hydrogen) atoms. The molecular formula is C11H9ClN4O. The van der Waals surface area contributed by atoms with Crippen LogP contribution in [0, 0.1) is 6.92 Å². The molecule has 0 aliphatic heterocycles. The Hall–Kier alpha value is -2.01. The van der Waals surface area contributed by atoms with Crippen molar-refractivity contribution >= 4 is 23.3 Å². The van der Waals surface area contributed by atoms with E-state index in [-0.39, 0.29) is 11.1 Å². The van der Waals surface area contributed by atoms with Gasteiger partial charge in [0.1, 0.15) is 5.15 Å². The third-order valence-electron chi connectivity index (χ3n) is 2.11. The first kappa shape index (κ1) is 11.5. The summed E-state index contributed by atoms with van der Waals surface area (Å²) in [6.45, 7) is 1.77. The Kier molecular flexibility index (Phi) is 3.30. The number of carbonyl (C=O) groups excluding carboxylic acids is 1. The molecule has 0 aliphatic carbocycles. The quantitative estimate of drug-likeness (QED) is 0.884. The zero-order valence-electron chi connectivity index (χ0n) is 9.01. The van der Waals surface area contributed by atoms with Crippen molar-refractivity contribution in [3.63, 3.8) is 0 Å². The summed E-state index contributed by atoms with van der Waals surface area (Å²) in [4.78, 5) is 23.7. The SMILES string of the molecule is Cc1ncccc1C(=O)Nc1cnc(Cl)cn1. The van der Waals surface area contributed by atoms with E-state index in [1.807, 2.05) is 0 Å². The molecule has 0 saturated carbocycles. The molecule has 0 radical (unpaired) electrons. The van der Waals surface area contributed by atoms with Gasteiger partial charge in [0.15, 0.2) is 5.82 Å². The van der Waals surface area contributed by atoms with Crippen LogP contribution in [-0.2, 0) is 0 Å². The number of aryl methyl sites for hydroxylation is 1. The highest BCUT2D eigenvalue weighted by atomic mass is 35.5. The summed E-state index contributed by atoms with van der Waals surface area (Å²) >= 11 is 5.59. The number of anilines is 1. The van der Waals surface area contributed by atoms with E-state index in [0.717, 1.165) is 0 Å². The molecule has 2 aromatic rings. The van der Waals surface area contributed by atoms with Gasteiger partial charge in [-0.15, -0.1) is 0 Å². The molecule has 0 saturated heterocycles. The predicted octanol–water partition coefficient (Wildman–Crippen LogP) is 2.09. The molecule has 6 heteroatoms. The van der Waals surface area contributed by atoms with Crippen molar-refractivity contribution in [2.75, 3.05) is 5.32 Å². The van der Waals surface area contributed by atoms with E-state index in [1.165, 1.54) is 12.4 Å². The Morgan fingerprint density at radius 3 is 2.76 bits per heavy atom. The highest BCUT2D eigenvalue weighted by Gasteiger charge is 2.09. The summed E-state index contributed by atoms with van der Waals surface area (Å²) in [6.07, 6.45) is 4.40. The normalized spacial score (nSPS) is 10.0. The van der Waals surface area contributed by atoms with Gasteiger partial charge in [-0.2, -0.15) is 0 Å². The fourth-order valence-corrected chi connectivity index (χ4v) is 1.38. The van der Waals surface area contributed by atoms with Crippen LogP contribution in [0.2, 0.25) is 5.15 Å². The van der Waals surface area contributed by atoms with Crippen LogP contribution in [0.5, 0.6) is 0 Å². The van der Waals surface area contributed by atoms with Crippen LogP contribution in [0.4, 0.5) is 5.82 Å². The monoisotopic (exact) mass is 248 g/mol. The average Bonchev–Trinajstić information content (AvgIpc) is 2.32. The van der Waals surface area contributed by atoms with Gasteiger partial charge in [-0.1, -0.05) is 11.6 Å². The van der Waals surface area contributed by atoms with Crippen molar-refractivity contribution in [3.05, 3.63) is 47.1 Å². The van der Waals surface area contributed by atoms with Crippen LogP contribution in [0.15, 0.2) is 30.7 Å². The second-order valence-electron chi connectivity index (χ2n) is 3.31. The van der Waals surface area contributed by atoms with Crippen molar-refractivity contribution < 1.29 is 4.79 Å². The summed E-state index contributed by atoms with van der Waals surface area (Å²) in [5.74, 6) is 0.0786. The Morgan fingerprint density at radius 1 is 1.29 bits per heavy atom. The molecule has 1 amide bonds. The number of aromatic nitrogens is 3. The van der Waals surface area contributed by atoms with E-state index in [0.29, 0.717) is 17.1 Å². The molecule has 0 unspecified atom stereocenters. The summed E-state index contributed by atoms with van der Waals surface area (Å²) in [5.41, 5.74) is 1.16. The smallest absolute Gasteiger partial charge is 0.258 e. The van der Waals surface area contributed by atoms with Gasteiger partial charge in [-0.3, -0.25) is 9.78 Å². The van der Waals surface area contributed by atoms with Crippen LogP contribution in [0.3, 0.4) is 0 Å². The first-order valence-electron chi connectivity index (χ1n) is 4.87. The number of hydrogen-bond donors (Lipinski definition) is 1. The minimum absolute atomic E-state index is 0.271. The maximum atomic E-state index is 11.9. The highest BCUT2D eigenvalue weighted by Crippen LogP contribution is 2.09. The second kappa shape index (κ2) is 4.88. The van der Waals surface area contributed by atoms with Crippen molar-refractivity contribution in [1.29, 1.82) is 0 Å². The summed E-state index contributed by atoms with van der Waals surface area (Å²) in [5, 5.41) is 2.89. The molecule has 86 valence electrons. The average molecular weight is 249 g/mol. The second-order valence-corrected chi connectivity index (χ2v) is 3.70. The van der Waals surface area contributed by atoms with Crippen molar-refractivity contribution in [2.24, 2.45) is 0 Å². The number of rotatable bonds is 2. The number of carbonyl (C=O) groups is 1. The zero-order valence-corrected chi connectivity index (χ0v) is 9.77. The van der Waals surface area contributed by atoms with Crippen LogP contribution < -0.4 is 5.32 Å². The fourth-order valence-electron chi connectivity index (χ4n) is 1.28. The van der Waals surface area contributed by atoms with E-state index < -0.39 is 0 Å². The first-order chi connectivity index (χ1) is 8.16. The van der Waals surface area contributed by atoms with Crippen LogP contribution >= 0.6 is 11.6 Å². The topological polar surface area (TPSA) is 67.8 Å². The van der Waals surface area contributed by atoms with E-state index >= 15 is 0 Å². The van der Waals surface area contributed by atoms with Gasteiger partial charge in [0, 0.05) is 11.9 Å². The fraction of sp³-hybridized carbons (Fsp3) is 0.0909. The lowest BCUT2D eigenvalue weighted by atomic mass is 10.2. The van der Waals surface area contributed by atoms with E-state index in [9.17, 15) is 4.79 Å². The maximum Gasteiger partial charge on any atom is 0.258 e. The maximum absolute atomic E-state index is 11.9. The van der Waals surface area contributed by atoms with E-state index in [4.69, 9.17) is 11.6 Å². The standard InChI is InChI=1S/C11H9ClN4O/c1-7-8(3-2-4-13-7)11(17)16-10-6-14-9(12)5-15-10/h2-6H,1H3,(H,15,16,17). The van der Waals surface area contributed by atoms with Gasteiger partial charge in [-0.25, -0.2) is 9.97 Å². The molecule has 2 rings (SSSR count). The Bertz CT molecular complexity index is 541. The molecule has 0 atom stereocenters. The molecule has 0 spiro atoms. The Morgan fingerprint density at radius 2 is 2.12 bits per heavy atom. The lowest BCUT2D eigenvalue weighted by Gasteiger charge is -2.05. The molecule has 0 fully saturated rings. The van der Waals surface area contributed by atoms with Crippen LogP contribution in [0.25, 0.3) is 0 Å². The lowest BCUT2D eigenvalue weighted by Crippen LogP contribution is -2.14. The van der Waals surface area contributed by atoms with Crippen molar-refractivity contribution in [1.82, 2.24) is 15.0 Å². The molecule has 2 heterocycles. The Balaban J connectivity index is 2.17. The minimum atomic E-state index is -0.271. The molecule has 0 aromatic carbocycles. The molecule has 0 bridgehead atoms. The zero-order chi connectivity index (χ0) is 12.3. The highest BCUT2D eigenvalue weighted by molar-refractivity contribution is 6.29. The van der Waals surface area contributed by atoms with Gasteiger partial charge in [0.05, 0.1) is 18.0 Å². The number of amides is 1. The van der Waals surface area contributed by atoms with Gasteiger partial charge >= 0.3 is 0 Å². The van der Waals surface area contributed by atoms with Gasteiger partial charge < -0.3 is 5.32 Å². The Labute approximate surface area is 103 Å². The molecule has 5 nitrogen and oxygen atoms in total.